The Morgan fingerprint density at radius 2 is 1.79 bits per heavy atom. The zero-order valence-corrected chi connectivity index (χ0v) is 18.1. The molecule has 5 nitrogen and oxygen atoms in total. The molecule has 2 aromatic rings. The van der Waals surface area contributed by atoms with Crippen LogP contribution in [0.15, 0.2) is 54.6 Å². The second-order valence-corrected chi connectivity index (χ2v) is 8.62. The molecule has 0 bridgehead atoms. The van der Waals surface area contributed by atoms with Crippen molar-refractivity contribution in [2.45, 2.75) is 12.8 Å². The summed E-state index contributed by atoms with van der Waals surface area (Å²) < 4.78 is 0. The highest BCUT2D eigenvalue weighted by Gasteiger charge is 2.10. The standard InChI is InChI=1S/C23H32N4OS/c1-26(22-6-3-2-4-7-22)14-5-13-24-23(28)25-21-10-8-20(9-11-21)12-15-27-16-18-29-19-17-27/h2-4,6-11H,5,12-19H2,1H3,(H2,24,25,28). The van der Waals surface area contributed by atoms with Gasteiger partial charge in [0, 0.05) is 62.7 Å². The minimum Gasteiger partial charge on any atom is -0.375 e. The van der Waals surface area contributed by atoms with Gasteiger partial charge in [0.15, 0.2) is 0 Å². The Hall–Kier alpha value is -2.18. The lowest BCUT2D eigenvalue weighted by Crippen LogP contribution is -2.34. The van der Waals surface area contributed by atoms with E-state index in [0.717, 1.165) is 31.6 Å². The van der Waals surface area contributed by atoms with Gasteiger partial charge in [-0.1, -0.05) is 30.3 Å². The fraction of sp³-hybridized carbons (Fsp3) is 0.435. The Morgan fingerprint density at radius 3 is 2.52 bits per heavy atom. The van der Waals surface area contributed by atoms with Crippen molar-refractivity contribution in [3.8, 4) is 0 Å². The summed E-state index contributed by atoms with van der Waals surface area (Å²) in [7, 11) is 2.07. The van der Waals surface area contributed by atoms with Crippen LogP contribution in [-0.4, -0.2) is 62.2 Å². The van der Waals surface area contributed by atoms with E-state index in [-0.39, 0.29) is 6.03 Å². The first-order valence-electron chi connectivity index (χ1n) is 10.4. The predicted molar refractivity (Wildman–Crippen MR) is 125 cm³/mol. The van der Waals surface area contributed by atoms with Gasteiger partial charge < -0.3 is 20.4 Å². The van der Waals surface area contributed by atoms with Crippen molar-refractivity contribution in [2.75, 3.05) is 61.5 Å². The summed E-state index contributed by atoms with van der Waals surface area (Å²) in [5.74, 6) is 2.50. The third-order valence-corrected chi connectivity index (χ3v) is 6.13. The average molecular weight is 413 g/mol. The number of rotatable bonds is 9. The molecule has 29 heavy (non-hydrogen) atoms. The van der Waals surface area contributed by atoms with E-state index in [1.807, 2.05) is 42.1 Å². The monoisotopic (exact) mass is 412 g/mol. The Balaban J connectivity index is 1.31. The van der Waals surface area contributed by atoms with Crippen LogP contribution in [0.25, 0.3) is 0 Å². The van der Waals surface area contributed by atoms with E-state index in [1.54, 1.807) is 0 Å². The number of nitrogens with one attached hydrogen (secondary N) is 2. The molecule has 1 aliphatic heterocycles. The van der Waals surface area contributed by atoms with Gasteiger partial charge in [0.1, 0.15) is 0 Å². The highest BCUT2D eigenvalue weighted by molar-refractivity contribution is 7.99. The largest absolute Gasteiger partial charge is 0.375 e. The van der Waals surface area contributed by atoms with Crippen molar-refractivity contribution < 1.29 is 4.79 Å². The van der Waals surface area contributed by atoms with Gasteiger partial charge in [0.2, 0.25) is 0 Å². The number of anilines is 2. The first-order valence-corrected chi connectivity index (χ1v) is 11.6. The van der Waals surface area contributed by atoms with Crippen LogP contribution in [0.5, 0.6) is 0 Å². The maximum Gasteiger partial charge on any atom is 0.319 e. The highest BCUT2D eigenvalue weighted by atomic mass is 32.2. The van der Waals surface area contributed by atoms with Crippen LogP contribution in [-0.2, 0) is 6.42 Å². The number of hydrogen-bond acceptors (Lipinski definition) is 4. The third kappa shape index (κ3) is 7.63. The van der Waals surface area contributed by atoms with Gasteiger partial charge in [-0.2, -0.15) is 11.8 Å². The van der Waals surface area contributed by atoms with Crippen LogP contribution in [0.3, 0.4) is 0 Å². The minimum atomic E-state index is -0.147. The number of hydrogen-bond donors (Lipinski definition) is 2. The summed E-state index contributed by atoms with van der Waals surface area (Å²) >= 11 is 2.04. The molecule has 1 heterocycles. The van der Waals surface area contributed by atoms with Gasteiger partial charge in [0.25, 0.3) is 0 Å². The summed E-state index contributed by atoms with van der Waals surface area (Å²) in [6.45, 7) is 5.06. The highest BCUT2D eigenvalue weighted by Crippen LogP contribution is 2.13. The van der Waals surface area contributed by atoms with Crippen molar-refractivity contribution >= 4 is 29.2 Å². The lowest BCUT2D eigenvalue weighted by Gasteiger charge is -2.26. The lowest BCUT2D eigenvalue weighted by molar-refractivity contribution is 0.252. The minimum absolute atomic E-state index is 0.147. The molecule has 0 aliphatic carbocycles. The van der Waals surface area contributed by atoms with Crippen molar-refractivity contribution in [3.63, 3.8) is 0 Å². The van der Waals surface area contributed by atoms with Crippen LogP contribution in [0.1, 0.15) is 12.0 Å². The number of amides is 2. The van der Waals surface area contributed by atoms with E-state index < -0.39 is 0 Å². The molecule has 3 rings (SSSR count). The molecule has 0 aromatic heterocycles. The molecule has 2 N–H and O–H groups in total. The van der Waals surface area contributed by atoms with Crippen molar-refractivity contribution in [1.29, 1.82) is 0 Å². The van der Waals surface area contributed by atoms with Crippen molar-refractivity contribution in [2.24, 2.45) is 0 Å². The van der Waals surface area contributed by atoms with Gasteiger partial charge in [-0.25, -0.2) is 4.79 Å². The fourth-order valence-corrected chi connectivity index (χ4v) is 4.35. The number of benzene rings is 2. The zero-order valence-electron chi connectivity index (χ0n) is 17.3. The van der Waals surface area contributed by atoms with Crippen molar-refractivity contribution in [3.05, 3.63) is 60.2 Å². The topological polar surface area (TPSA) is 47.6 Å². The quantitative estimate of drug-likeness (QED) is 0.613. The van der Waals surface area contributed by atoms with E-state index in [0.29, 0.717) is 6.54 Å². The van der Waals surface area contributed by atoms with E-state index in [1.165, 1.54) is 35.8 Å². The molecule has 6 heteroatoms. The Kier molecular flexibility index (Phi) is 8.71. The first-order chi connectivity index (χ1) is 14.2. The van der Waals surface area contributed by atoms with Gasteiger partial charge in [-0.05, 0) is 42.7 Å². The molecule has 1 saturated heterocycles. The number of urea groups is 1. The van der Waals surface area contributed by atoms with Crippen LogP contribution >= 0.6 is 11.8 Å². The zero-order chi connectivity index (χ0) is 20.3. The van der Waals surface area contributed by atoms with Gasteiger partial charge in [-0.3, -0.25) is 0 Å². The SMILES string of the molecule is CN(CCCNC(=O)Nc1ccc(CCN2CCSCC2)cc1)c1ccccc1. The normalized spacial score (nSPS) is 14.4. The molecular formula is C23H32N4OS. The maximum atomic E-state index is 12.1. The molecule has 0 unspecified atom stereocenters. The van der Waals surface area contributed by atoms with E-state index in [9.17, 15) is 4.79 Å². The summed E-state index contributed by atoms with van der Waals surface area (Å²) in [6, 6.07) is 18.3. The average Bonchev–Trinajstić information content (AvgIpc) is 2.77. The Labute approximate surface area is 178 Å². The number of carbonyl (C=O) groups is 1. The molecule has 2 aromatic carbocycles. The molecule has 0 radical (unpaired) electrons. The molecular weight excluding hydrogens is 380 g/mol. The summed E-state index contributed by atoms with van der Waals surface area (Å²) in [4.78, 5) is 16.8. The summed E-state index contributed by atoms with van der Waals surface area (Å²) in [6.07, 6.45) is 1.96. The molecule has 0 atom stereocenters. The molecule has 1 fully saturated rings. The van der Waals surface area contributed by atoms with Crippen LogP contribution in [0.2, 0.25) is 0 Å². The Bertz CT molecular complexity index is 732. The molecule has 2 amide bonds. The molecule has 0 spiro atoms. The predicted octanol–water partition coefficient (Wildman–Crippen LogP) is 3.93. The van der Waals surface area contributed by atoms with Crippen LogP contribution < -0.4 is 15.5 Å². The smallest absolute Gasteiger partial charge is 0.319 e. The summed E-state index contributed by atoms with van der Waals surface area (Å²) in [5.41, 5.74) is 3.34. The fourth-order valence-electron chi connectivity index (χ4n) is 3.37. The van der Waals surface area contributed by atoms with E-state index >= 15 is 0 Å². The van der Waals surface area contributed by atoms with Crippen molar-refractivity contribution in [1.82, 2.24) is 10.2 Å². The van der Waals surface area contributed by atoms with Gasteiger partial charge >= 0.3 is 6.03 Å². The lowest BCUT2D eigenvalue weighted by atomic mass is 10.1. The molecule has 0 saturated carbocycles. The summed E-state index contributed by atoms with van der Waals surface area (Å²) in [5, 5.41) is 5.85. The number of nitrogens with zero attached hydrogens (tertiary/aromatic N) is 2. The second kappa shape index (κ2) is 11.7. The maximum absolute atomic E-state index is 12.1. The second-order valence-electron chi connectivity index (χ2n) is 7.39. The molecule has 156 valence electrons. The van der Waals surface area contributed by atoms with Gasteiger partial charge in [-0.15, -0.1) is 0 Å². The number of carbonyl (C=O) groups excluding carboxylic acids is 1. The molecule has 1 aliphatic rings. The number of thioether (sulfide) groups is 1. The Morgan fingerprint density at radius 1 is 1.07 bits per heavy atom. The van der Waals surface area contributed by atoms with Crippen LogP contribution in [0.4, 0.5) is 16.2 Å². The van der Waals surface area contributed by atoms with Crippen LogP contribution in [0, 0.1) is 0 Å². The van der Waals surface area contributed by atoms with E-state index in [4.69, 9.17) is 0 Å². The van der Waals surface area contributed by atoms with Gasteiger partial charge in [0.05, 0.1) is 0 Å². The number of para-hydroxylation sites is 1. The third-order valence-electron chi connectivity index (χ3n) is 5.19. The first kappa shape index (κ1) is 21.5. The van der Waals surface area contributed by atoms with E-state index in [2.05, 4.69) is 51.7 Å².